The van der Waals surface area contributed by atoms with Gasteiger partial charge in [0.05, 0.1) is 14.2 Å². The van der Waals surface area contributed by atoms with Crippen molar-refractivity contribution in [1.82, 2.24) is 4.90 Å². The summed E-state index contributed by atoms with van der Waals surface area (Å²) >= 11 is 0. The topological polar surface area (TPSA) is 79.9 Å². The van der Waals surface area contributed by atoms with Crippen molar-refractivity contribution in [3.63, 3.8) is 0 Å². The van der Waals surface area contributed by atoms with Gasteiger partial charge in [0, 0.05) is 48.2 Å². The number of nitrogens with one attached hydrogen (secondary N) is 2. The molecule has 3 rings (SSSR count). The van der Waals surface area contributed by atoms with Gasteiger partial charge in [-0.3, -0.25) is 4.79 Å². The second-order valence-electron chi connectivity index (χ2n) is 7.24. The number of carbonyl (C=O) groups is 2. The van der Waals surface area contributed by atoms with Crippen molar-refractivity contribution in [1.29, 1.82) is 0 Å². The highest BCUT2D eigenvalue weighted by molar-refractivity contribution is 6.01. The molecule has 2 aromatic carbocycles. The Morgan fingerprint density at radius 3 is 2.17 bits per heavy atom. The summed E-state index contributed by atoms with van der Waals surface area (Å²) in [6.07, 6.45) is 2.05. The van der Waals surface area contributed by atoms with Crippen LogP contribution < -0.4 is 20.1 Å². The number of rotatable bonds is 5. The summed E-state index contributed by atoms with van der Waals surface area (Å²) in [5, 5.41) is 5.52. The molecule has 2 N–H and O–H groups in total. The first kappa shape index (κ1) is 20.5. The summed E-state index contributed by atoms with van der Waals surface area (Å²) in [7, 11) is 3.09. The van der Waals surface area contributed by atoms with Gasteiger partial charge >= 0.3 is 6.03 Å². The van der Waals surface area contributed by atoms with E-state index in [1.807, 2.05) is 4.90 Å². The van der Waals surface area contributed by atoms with Crippen molar-refractivity contribution in [3.05, 3.63) is 48.0 Å². The highest BCUT2D eigenvalue weighted by Gasteiger charge is 2.21. The molecule has 0 aromatic heterocycles. The molecule has 0 spiro atoms. The van der Waals surface area contributed by atoms with Crippen LogP contribution in [0.15, 0.2) is 42.5 Å². The fourth-order valence-electron chi connectivity index (χ4n) is 3.30. The van der Waals surface area contributed by atoms with E-state index in [9.17, 15) is 9.59 Å². The molecule has 29 heavy (non-hydrogen) atoms. The highest BCUT2D eigenvalue weighted by atomic mass is 16.5. The lowest BCUT2D eigenvalue weighted by Gasteiger charge is -2.30. The molecule has 1 heterocycles. The van der Waals surface area contributed by atoms with Crippen LogP contribution in [0.4, 0.5) is 16.2 Å². The van der Waals surface area contributed by atoms with E-state index in [0.29, 0.717) is 34.4 Å². The molecule has 3 amide bonds. The Morgan fingerprint density at radius 2 is 1.55 bits per heavy atom. The zero-order chi connectivity index (χ0) is 20.8. The first-order chi connectivity index (χ1) is 14.0. The molecule has 0 atom stereocenters. The normalized spacial score (nSPS) is 14.2. The summed E-state index contributed by atoms with van der Waals surface area (Å²) in [6.45, 7) is 3.76. The van der Waals surface area contributed by atoms with Gasteiger partial charge in [0.15, 0.2) is 0 Å². The number of benzene rings is 2. The average Bonchev–Trinajstić information content (AvgIpc) is 2.73. The van der Waals surface area contributed by atoms with E-state index in [4.69, 9.17) is 9.47 Å². The van der Waals surface area contributed by atoms with E-state index >= 15 is 0 Å². The van der Waals surface area contributed by atoms with Crippen LogP contribution in [-0.2, 0) is 0 Å². The Bertz CT molecular complexity index is 854. The van der Waals surface area contributed by atoms with Crippen LogP contribution in [0.25, 0.3) is 0 Å². The molecule has 0 unspecified atom stereocenters. The lowest BCUT2D eigenvalue weighted by Crippen LogP contribution is -2.37. The maximum atomic E-state index is 12.7. The quantitative estimate of drug-likeness (QED) is 0.792. The predicted octanol–water partition coefficient (Wildman–Crippen LogP) is 4.22. The van der Waals surface area contributed by atoms with Crippen LogP contribution in [0.3, 0.4) is 0 Å². The summed E-state index contributed by atoms with van der Waals surface area (Å²) in [6, 6.07) is 11.7. The standard InChI is InChI=1S/C22H27N3O4/c1-15-7-9-25(10-8-15)21(26)16-5-4-6-17(11-16)23-22(27)24-18-12-19(28-2)14-20(13-18)29-3/h4-6,11-15H,7-10H2,1-3H3,(H2,23,24,27). The fourth-order valence-corrected chi connectivity index (χ4v) is 3.30. The number of methoxy groups -OCH3 is 2. The lowest BCUT2D eigenvalue weighted by molar-refractivity contribution is 0.0697. The molecule has 1 aliphatic rings. The van der Waals surface area contributed by atoms with Gasteiger partial charge in [-0.1, -0.05) is 13.0 Å². The second kappa shape index (κ2) is 9.32. The molecule has 0 bridgehead atoms. The molecule has 2 aromatic rings. The molecule has 154 valence electrons. The number of likely N-dealkylation sites (tertiary alicyclic amines) is 1. The molecule has 7 heteroatoms. The summed E-state index contributed by atoms with van der Waals surface area (Å²) in [4.78, 5) is 27.0. The number of anilines is 2. The van der Waals surface area contributed by atoms with Crippen LogP contribution in [0.1, 0.15) is 30.1 Å². The monoisotopic (exact) mass is 397 g/mol. The van der Waals surface area contributed by atoms with Gasteiger partial charge in [-0.05, 0) is 37.0 Å². The van der Waals surface area contributed by atoms with Crippen molar-refractivity contribution < 1.29 is 19.1 Å². The number of nitrogens with zero attached hydrogens (tertiary/aromatic N) is 1. The molecule has 0 saturated carbocycles. The molecule has 1 aliphatic heterocycles. The molecule has 0 radical (unpaired) electrons. The van der Waals surface area contributed by atoms with Crippen molar-refractivity contribution in [2.45, 2.75) is 19.8 Å². The zero-order valence-electron chi connectivity index (χ0n) is 17.0. The third-order valence-electron chi connectivity index (χ3n) is 5.05. The van der Waals surface area contributed by atoms with E-state index in [1.54, 1.807) is 56.7 Å². The summed E-state index contributed by atoms with van der Waals surface area (Å²) in [5.41, 5.74) is 1.65. The number of carbonyl (C=O) groups excluding carboxylic acids is 2. The number of hydrogen-bond acceptors (Lipinski definition) is 4. The van der Waals surface area contributed by atoms with Gasteiger partial charge < -0.3 is 25.0 Å². The second-order valence-corrected chi connectivity index (χ2v) is 7.24. The lowest BCUT2D eigenvalue weighted by atomic mass is 9.98. The minimum absolute atomic E-state index is 0.00140. The molecular weight excluding hydrogens is 370 g/mol. The molecular formula is C22H27N3O4. The Kier molecular flexibility index (Phi) is 6.59. The van der Waals surface area contributed by atoms with Gasteiger partial charge in [0.2, 0.25) is 0 Å². The summed E-state index contributed by atoms with van der Waals surface area (Å²) < 4.78 is 10.4. The third kappa shape index (κ3) is 5.40. The average molecular weight is 397 g/mol. The Hall–Kier alpha value is -3.22. The van der Waals surface area contributed by atoms with Crippen molar-refractivity contribution >= 4 is 23.3 Å². The number of piperidine rings is 1. The minimum Gasteiger partial charge on any atom is -0.497 e. The van der Waals surface area contributed by atoms with E-state index < -0.39 is 6.03 Å². The number of hydrogen-bond donors (Lipinski definition) is 2. The molecule has 7 nitrogen and oxygen atoms in total. The third-order valence-corrected chi connectivity index (χ3v) is 5.05. The van der Waals surface area contributed by atoms with Crippen LogP contribution in [-0.4, -0.2) is 44.1 Å². The first-order valence-electron chi connectivity index (χ1n) is 9.69. The first-order valence-corrected chi connectivity index (χ1v) is 9.69. The van der Waals surface area contributed by atoms with Gasteiger partial charge in [-0.15, -0.1) is 0 Å². The SMILES string of the molecule is COc1cc(NC(=O)Nc2cccc(C(=O)N3CCC(C)CC3)c2)cc(OC)c1. The smallest absolute Gasteiger partial charge is 0.323 e. The van der Waals surface area contributed by atoms with Crippen LogP contribution in [0.2, 0.25) is 0 Å². The van der Waals surface area contributed by atoms with E-state index in [1.165, 1.54) is 0 Å². The van der Waals surface area contributed by atoms with Crippen LogP contribution in [0.5, 0.6) is 11.5 Å². The van der Waals surface area contributed by atoms with Crippen molar-refractivity contribution in [3.8, 4) is 11.5 Å². The van der Waals surface area contributed by atoms with Crippen molar-refractivity contribution in [2.24, 2.45) is 5.92 Å². The molecule has 0 aliphatic carbocycles. The fraction of sp³-hybridized carbons (Fsp3) is 0.364. The Balaban J connectivity index is 1.65. The Labute approximate surface area is 171 Å². The van der Waals surface area contributed by atoms with E-state index in [-0.39, 0.29) is 5.91 Å². The largest absolute Gasteiger partial charge is 0.497 e. The van der Waals surface area contributed by atoms with Crippen molar-refractivity contribution in [2.75, 3.05) is 37.9 Å². The van der Waals surface area contributed by atoms with Gasteiger partial charge in [0.1, 0.15) is 11.5 Å². The number of ether oxygens (including phenoxy) is 2. The Morgan fingerprint density at radius 1 is 0.931 bits per heavy atom. The van der Waals surface area contributed by atoms with Crippen LogP contribution >= 0.6 is 0 Å². The predicted molar refractivity (Wildman–Crippen MR) is 113 cm³/mol. The number of urea groups is 1. The maximum absolute atomic E-state index is 12.7. The van der Waals surface area contributed by atoms with Gasteiger partial charge in [-0.2, -0.15) is 0 Å². The van der Waals surface area contributed by atoms with E-state index in [2.05, 4.69) is 17.6 Å². The minimum atomic E-state index is -0.420. The van der Waals surface area contributed by atoms with Crippen LogP contribution in [0, 0.1) is 5.92 Å². The number of amides is 3. The summed E-state index contributed by atoms with van der Waals surface area (Å²) in [5.74, 6) is 1.80. The van der Waals surface area contributed by atoms with Gasteiger partial charge in [0.25, 0.3) is 5.91 Å². The maximum Gasteiger partial charge on any atom is 0.323 e. The molecule has 1 saturated heterocycles. The molecule has 1 fully saturated rings. The zero-order valence-corrected chi connectivity index (χ0v) is 17.0. The van der Waals surface area contributed by atoms with Gasteiger partial charge in [-0.25, -0.2) is 4.79 Å². The van der Waals surface area contributed by atoms with E-state index in [0.717, 1.165) is 25.9 Å². The highest BCUT2D eigenvalue weighted by Crippen LogP contribution is 2.26.